The minimum absolute atomic E-state index is 0.230. The smallest absolute Gasteiger partial charge is 0.123 e. The Morgan fingerprint density at radius 2 is 2.06 bits per heavy atom. The first-order valence-electron chi connectivity index (χ1n) is 5.41. The molecule has 18 heavy (non-hydrogen) atoms. The van der Waals surface area contributed by atoms with Gasteiger partial charge in [0.1, 0.15) is 5.82 Å². The zero-order valence-electron chi connectivity index (χ0n) is 9.57. The number of hydrogen-bond acceptors (Lipinski definition) is 3. The first-order valence-corrected chi connectivity index (χ1v) is 7.18. The summed E-state index contributed by atoms with van der Waals surface area (Å²) in [4.78, 5) is 4.26. The van der Waals surface area contributed by atoms with E-state index in [2.05, 4.69) is 20.9 Å². The highest BCUT2D eigenvalue weighted by atomic mass is 79.9. The van der Waals surface area contributed by atoms with Crippen LogP contribution in [-0.4, -0.2) is 4.98 Å². The summed E-state index contributed by atoms with van der Waals surface area (Å²) in [6.45, 7) is 0.421. The van der Waals surface area contributed by atoms with Crippen molar-refractivity contribution in [2.75, 3.05) is 0 Å². The summed E-state index contributed by atoms with van der Waals surface area (Å²) in [6, 6.07) is 8.57. The summed E-state index contributed by atoms with van der Waals surface area (Å²) in [6.07, 6.45) is 1.75. The molecule has 0 radical (unpaired) electrons. The normalized spacial score (nSPS) is 10.6. The van der Waals surface area contributed by atoms with Gasteiger partial charge in [-0.05, 0) is 51.3 Å². The van der Waals surface area contributed by atoms with Crippen molar-refractivity contribution < 1.29 is 4.39 Å². The minimum Gasteiger partial charge on any atom is -0.326 e. The highest BCUT2D eigenvalue weighted by Crippen LogP contribution is 2.24. The van der Waals surface area contributed by atoms with Gasteiger partial charge in [-0.25, -0.2) is 9.37 Å². The second kappa shape index (κ2) is 6.31. The van der Waals surface area contributed by atoms with E-state index in [9.17, 15) is 4.39 Å². The molecular formula is C13H12BrFN2S. The lowest BCUT2D eigenvalue weighted by molar-refractivity contribution is 0.625. The number of halogens is 2. The van der Waals surface area contributed by atoms with Gasteiger partial charge in [0, 0.05) is 23.0 Å². The third-order valence-corrected chi connectivity index (χ3v) is 3.93. The Morgan fingerprint density at radius 1 is 1.22 bits per heavy atom. The van der Waals surface area contributed by atoms with Crippen LogP contribution in [0.4, 0.5) is 4.39 Å². The molecule has 2 rings (SSSR count). The van der Waals surface area contributed by atoms with Crippen LogP contribution in [0.1, 0.15) is 11.1 Å². The van der Waals surface area contributed by atoms with Gasteiger partial charge in [-0.1, -0.05) is 6.07 Å². The van der Waals surface area contributed by atoms with Crippen molar-refractivity contribution in [1.82, 2.24) is 4.98 Å². The van der Waals surface area contributed by atoms with Crippen molar-refractivity contribution in [2.45, 2.75) is 17.3 Å². The van der Waals surface area contributed by atoms with E-state index in [1.165, 1.54) is 12.1 Å². The topological polar surface area (TPSA) is 38.9 Å². The lowest BCUT2D eigenvalue weighted by Crippen LogP contribution is -2.01. The number of pyridine rings is 1. The Hall–Kier alpha value is -0.910. The molecule has 0 spiro atoms. The second-order valence-electron chi connectivity index (χ2n) is 3.72. The Morgan fingerprint density at radius 3 is 2.72 bits per heavy atom. The largest absolute Gasteiger partial charge is 0.326 e. The maximum absolute atomic E-state index is 13.2. The number of thioether (sulfide) groups is 1. The van der Waals surface area contributed by atoms with E-state index in [0.29, 0.717) is 12.3 Å². The Bertz CT molecular complexity index is 531. The maximum Gasteiger partial charge on any atom is 0.123 e. The Balaban J connectivity index is 2.09. The number of hydrogen-bond donors (Lipinski definition) is 1. The van der Waals surface area contributed by atoms with Crippen LogP contribution in [0, 0.1) is 5.82 Å². The number of aromatic nitrogens is 1. The van der Waals surface area contributed by atoms with Crippen LogP contribution in [0.3, 0.4) is 0 Å². The van der Waals surface area contributed by atoms with Crippen LogP contribution in [0.25, 0.3) is 0 Å². The molecule has 2 N–H and O–H groups in total. The summed E-state index contributed by atoms with van der Waals surface area (Å²) in [5.74, 6) is 0.436. The molecule has 2 aromatic rings. The molecule has 0 fully saturated rings. The number of benzene rings is 1. The lowest BCUT2D eigenvalue weighted by Gasteiger charge is -2.07. The van der Waals surface area contributed by atoms with Gasteiger partial charge in [0.15, 0.2) is 0 Å². The molecule has 2 nitrogen and oxygen atoms in total. The first-order chi connectivity index (χ1) is 8.69. The van der Waals surface area contributed by atoms with Crippen LogP contribution in [0.2, 0.25) is 0 Å². The molecule has 0 unspecified atom stereocenters. The van der Waals surface area contributed by atoms with E-state index in [-0.39, 0.29) is 5.82 Å². The number of nitrogens with two attached hydrogens (primary N) is 1. The van der Waals surface area contributed by atoms with Crippen molar-refractivity contribution >= 4 is 27.7 Å². The van der Waals surface area contributed by atoms with Crippen LogP contribution < -0.4 is 5.73 Å². The quantitative estimate of drug-likeness (QED) is 0.870. The van der Waals surface area contributed by atoms with Crippen LogP contribution >= 0.6 is 27.7 Å². The molecule has 1 aromatic heterocycles. The summed E-state index contributed by atoms with van der Waals surface area (Å²) < 4.78 is 14.1. The third kappa shape index (κ3) is 3.54. The van der Waals surface area contributed by atoms with E-state index in [0.717, 1.165) is 20.6 Å². The van der Waals surface area contributed by atoms with E-state index < -0.39 is 0 Å². The molecule has 0 saturated carbocycles. The van der Waals surface area contributed by atoms with E-state index in [1.807, 2.05) is 12.1 Å². The van der Waals surface area contributed by atoms with Gasteiger partial charge in [0.25, 0.3) is 0 Å². The van der Waals surface area contributed by atoms with Crippen LogP contribution in [-0.2, 0) is 12.3 Å². The molecule has 94 valence electrons. The molecule has 0 atom stereocenters. The molecule has 0 aliphatic carbocycles. The molecule has 0 saturated heterocycles. The fourth-order valence-corrected chi connectivity index (χ4v) is 2.63. The summed E-state index contributed by atoms with van der Waals surface area (Å²) >= 11 is 4.90. The van der Waals surface area contributed by atoms with Gasteiger partial charge in [0.2, 0.25) is 0 Å². The Kier molecular flexibility index (Phi) is 4.74. The monoisotopic (exact) mass is 326 g/mol. The molecular weight excluding hydrogens is 315 g/mol. The number of rotatable bonds is 4. The fourth-order valence-electron chi connectivity index (χ4n) is 1.53. The first kappa shape index (κ1) is 13.5. The molecule has 0 aliphatic rings. The van der Waals surface area contributed by atoms with Crippen molar-refractivity contribution in [3.8, 4) is 0 Å². The zero-order valence-corrected chi connectivity index (χ0v) is 12.0. The SMILES string of the molecule is NCc1ccc(F)cc1CSc1ccc(Br)cn1. The van der Waals surface area contributed by atoms with Gasteiger partial charge in [-0.2, -0.15) is 0 Å². The van der Waals surface area contributed by atoms with Crippen molar-refractivity contribution in [1.29, 1.82) is 0 Å². The second-order valence-corrected chi connectivity index (χ2v) is 5.63. The summed E-state index contributed by atoms with van der Waals surface area (Å²) in [7, 11) is 0. The van der Waals surface area contributed by atoms with Crippen molar-refractivity contribution in [3.63, 3.8) is 0 Å². The molecule has 1 heterocycles. The van der Waals surface area contributed by atoms with Gasteiger partial charge < -0.3 is 5.73 Å². The maximum atomic E-state index is 13.2. The van der Waals surface area contributed by atoms with Gasteiger partial charge >= 0.3 is 0 Å². The predicted octanol–water partition coefficient (Wildman–Crippen LogP) is 3.73. The molecule has 0 bridgehead atoms. The van der Waals surface area contributed by atoms with E-state index in [4.69, 9.17) is 5.73 Å². The molecule has 0 amide bonds. The van der Waals surface area contributed by atoms with E-state index in [1.54, 1.807) is 24.0 Å². The third-order valence-electron chi connectivity index (χ3n) is 2.46. The fraction of sp³-hybridized carbons (Fsp3) is 0.154. The highest BCUT2D eigenvalue weighted by molar-refractivity contribution is 9.10. The molecule has 0 aliphatic heterocycles. The highest BCUT2D eigenvalue weighted by Gasteiger charge is 2.04. The standard InChI is InChI=1S/C13H12BrFN2S/c14-11-2-4-13(17-7-11)18-8-10-5-12(15)3-1-9(10)6-16/h1-5,7H,6,8,16H2. The van der Waals surface area contributed by atoms with Gasteiger partial charge in [0.05, 0.1) is 5.03 Å². The predicted molar refractivity (Wildman–Crippen MR) is 75.8 cm³/mol. The van der Waals surface area contributed by atoms with Gasteiger partial charge in [-0.3, -0.25) is 0 Å². The molecule has 1 aromatic carbocycles. The summed E-state index contributed by atoms with van der Waals surface area (Å²) in [5.41, 5.74) is 7.53. The van der Waals surface area contributed by atoms with Crippen LogP contribution in [0.15, 0.2) is 46.0 Å². The average Bonchev–Trinajstić information content (AvgIpc) is 2.38. The van der Waals surface area contributed by atoms with Crippen LogP contribution in [0.5, 0.6) is 0 Å². The number of nitrogens with zero attached hydrogens (tertiary/aromatic N) is 1. The Labute approximate surface area is 118 Å². The van der Waals surface area contributed by atoms with Crippen molar-refractivity contribution in [3.05, 3.63) is 57.9 Å². The van der Waals surface area contributed by atoms with E-state index >= 15 is 0 Å². The summed E-state index contributed by atoms with van der Waals surface area (Å²) in [5, 5.41) is 0.908. The van der Waals surface area contributed by atoms with Crippen molar-refractivity contribution in [2.24, 2.45) is 5.73 Å². The minimum atomic E-state index is -0.230. The lowest BCUT2D eigenvalue weighted by atomic mass is 10.1. The van der Waals surface area contributed by atoms with Gasteiger partial charge in [-0.15, -0.1) is 11.8 Å². The molecule has 5 heteroatoms. The average molecular weight is 327 g/mol. The zero-order chi connectivity index (χ0) is 13.0.